The van der Waals surface area contributed by atoms with Crippen LogP contribution in [-0.4, -0.2) is 78.3 Å². The highest BCUT2D eigenvalue weighted by molar-refractivity contribution is 6.10. The molecular weight excluding hydrogens is 372 g/mol. The minimum Gasteiger partial charge on any atom is -0.508 e. The molecule has 9 heteroatoms. The van der Waals surface area contributed by atoms with Crippen molar-refractivity contribution in [1.29, 1.82) is 0 Å². The van der Waals surface area contributed by atoms with Crippen LogP contribution in [0.1, 0.15) is 35.9 Å². The molecule has 150 valence electrons. The van der Waals surface area contributed by atoms with Crippen molar-refractivity contribution >= 4 is 11.6 Å². The summed E-state index contributed by atoms with van der Waals surface area (Å²) in [5.41, 5.74) is -6.92. The quantitative estimate of drug-likeness (QED) is 0.381. The molecule has 2 heterocycles. The highest BCUT2D eigenvalue weighted by Crippen LogP contribution is 2.70. The molecule has 1 aromatic carbocycles. The van der Waals surface area contributed by atoms with Crippen LogP contribution >= 0.6 is 0 Å². The molecule has 9 nitrogen and oxygen atoms in total. The Bertz CT molecular complexity index is 930. The summed E-state index contributed by atoms with van der Waals surface area (Å²) in [6.07, 6.45) is -6.89. The second-order valence-corrected chi connectivity index (χ2v) is 8.19. The fourth-order valence-electron chi connectivity index (χ4n) is 5.23. The van der Waals surface area contributed by atoms with E-state index in [4.69, 9.17) is 9.47 Å². The van der Waals surface area contributed by atoms with Crippen molar-refractivity contribution in [2.75, 3.05) is 0 Å². The van der Waals surface area contributed by atoms with Gasteiger partial charge >= 0.3 is 0 Å². The van der Waals surface area contributed by atoms with Crippen molar-refractivity contribution < 1.29 is 44.6 Å². The largest absolute Gasteiger partial charge is 0.508 e. The molecule has 2 aliphatic carbocycles. The van der Waals surface area contributed by atoms with E-state index in [0.29, 0.717) is 0 Å². The van der Waals surface area contributed by atoms with E-state index in [2.05, 4.69) is 0 Å². The van der Waals surface area contributed by atoms with Crippen LogP contribution in [0, 0.1) is 5.92 Å². The summed E-state index contributed by atoms with van der Waals surface area (Å²) >= 11 is 0. The molecule has 0 spiro atoms. The van der Waals surface area contributed by atoms with Crippen LogP contribution < -0.4 is 0 Å². The number of hydrogen-bond acceptors (Lipinski definition) is 9. The molecule has 5 rings (SSSR count). The summed E-state index contributed by atoms with van der Waals surface area (Å²) in [5.74, 6) is -3.25. The van der Waals surface area contributed by atoms with Gasteiger partial charge < -0.3 is 35.0 Å². The second kappa shape index (κ2) is 4.99. The Balaban J connectivity index is 1.70. The Morgan fingerprint density at radius 1 is 1.18 bits per heavy atom. The second-order valence-electron chi connectivity index (χ2n) is 8.19. The Hall–Kier alpha value is -1.88. The fraction of sp³-hybridized carbons (Fsp3) is 0.579. The lowest BCUT2D eigenvalue weighted by molar-refractivity contribution is -0.198. The monoisotopic (exact) mass is 392 g/mol. The fourth-order valence-corrected chi connectivity index (χ4v) is 5.23. The number of ether oxygens (including phenoxy) is 2. The van der Waals surface area contributed by atoms with Gasteiger partial charge in [0.2, 0.25) is 5.78 Å². The molecule has 9 atom stereocenters. The number of rotatable bonds is 2. The van der Waals surface area contributed by atoms with Gasteiger partial charge in [-0.05, 0) is 13.0 Å². The van der Waals surface area contributed by atoms with E-state index in [0.717, 1.165) is 0 Å². The van der Waals surface area contributed by atoms with Crippen molar-refractivity contribution in [3.8, 4) is 5.75 Å². The third-order valence-corrected chi connectivity index (χ3v) is 6.98. The summed E-state index contributed by atoms with van der Waals surface area (Å²) in [6, 6.07) is 4.04. The highest BCUT2D eigenvalue weighted by atomic mass is 16.7. The molecule has 1 aromatic rings. The first-order valence-corrected chi connectivity index (χ1v) is 9.10. The van der Waals surface area contributed by atoms with Crippen LogP contribution in [0.5, 0.6) is 5.75 Å². The van der Waals surface area contributed by atoms with E-state index in [1.165, 1.54) is 25.1 Å². The minimum atomic E-state index is -2.52. The molecule has 1 saturated carbocycles. The van der Waals surface area contributed by atoms with Gasteiger partial charge in [0, 0.05) is 17.0 Å². The maximum atomic E-state index is 13.2. The highest BCUT2D eigenvalue weighted by Gasteiger charge is 2.92. The first-order valence-electron chi connectivity index (χ1n) is 9.10. The van der Waals surface area contributed by atoms with Gasteiger partial charge in [-0.15, -0.1) is 0 Å². The number of fused-ring (bicyclic) bond motifs is 1. The Morgan fingerprint density at radius 2 is 1.82 bits per heavy atom. The van der Waals surface area contributed by atoms with Crippen molar-refractivity contribution in [1.82, 2.24) is 0 Å². The third kappa shape index (κ3) is 1.62. The van der Waals surface area contributed by atoms with E-state index in [1.807, 2.05) is 0 Å². The van der Waals surface area contributed by atoms with E-state index >= 15 is 0 Å². The van der Waals surface area contributed by atoms with Crippen LogP contribution in [0.15, 0.2) is 18.2 Å². The van der Waals surface area contributed by atoms with Crippen molar-refractivity contribution in [3.05, 3.63) is 29.3 Å². The molecule has 5 N–H and O–H groups in total. The first kappa shape index (κ1) is 18.2. The van der Waals surface area contributed by atoms with E-state index in [1.54, 1.807) is 6.92 Å². The lowest BCUT2D eigenvalue weighted by Gasteiger charge is -2.49. The number of phenols is 1. The minimum absolute atomic E-state index is 0.0463. The average molecular weight is 392 g/mol. The molecule has 0 amide bonds. The zero-order chi connectivity index (χ0) is 20.4. The van der Waals surface area contributed by atoms with Crippen LogP contribution in [-0.2, 0) is 14.3 Å². The van der Waals surface area contributed by atoms with Gasteiger partial charge in [0.25, 0.3) is 0 Å². The zero-order valence-corrected chi connectivity index (χ0v) is 15.1. The Labute approximate surface area is 159 Å². The number of benzene rings is 1. The number of carbonyl (C=O) groups is 2. The van der Waals surface area contributed by atoms with Crippen molar-refractivity contribution in [2.24, 2.45) is 5.92 Å². The summed E-state index contributed by atoms with van der Waals surface area (Å²) in [4.78, 5) is 26.1. The number of phenolic OH excluding ortho intramolecular Hbond substituents is 1. The molecule has 0 radical (unpaired) electrons. The summed E-state index contributed by atoms with van der Waals surface area (Å²) in [5, 5.41) is 54.4. The first-order chi connectivity index (χ1) is 13.1. The lowest BCUT2D eigenvalue weighted by atomic mass is 9.55. The molecule has 0 aromatic heterocycles. The maximum Gasteiger partial charge on any atom is 0.201 e. The van der Waals surface area contributed by atoms with Crippen LogP contribution in [0.3, 0.4) is 0 Å². The van der Waals surface area contributed by atoms with Gasteiger partial charge in [-0.2, -0.15) is 0 Å². The average Bonchev–Trinajstić information content (AvgIpc) is 3.57. The molecule has 2 saturated heterocycles. The Kier molecular flexibility index (Phi) is 3.24. The van der Waals surface area contributed by atoms with Gasteiger partial charge in [0.15, 0.2) is 22.6 Å². The number of aliphatic hydroxyl groups excluding tert-OH is 3. The predicted molar refractivity (Wildman–Crippen MR) is 89.4 cm³/mol. The summed E-state index contributed by atoms with van der Waals surface area (Å²) in [6.45, 7) is 2.95. The number of Topliss-reactive ketones (excluding diaryl/α,β-unsaturated/α-hetero) is 2. The SMILES string of the molecule is CC1OC1C(=O)[C@@]1(O)C(C)[C@@H](O)[C@@]23O[C@]2([C@H](O)c2c(O)cccc2C3=O)[C@@H]1O. The molecule has 4 aliphatic rings. The van der Waals surface area contributed by atoms with Gasteiger partial charge in [-0.3, -0.25) is 9.59 Å². The van der Waals surface area contributed by atoms with E-state index in [-0.39, 0.29) is 11.1 Å². The molecule has 28 heavy (non-hydrogen) atoms. The molecule has 3 unspecified atom stereocenters. The zero-order valence-electron chi connectivity index (χ0n) is 15.1. The lowest BCUT2D eigenvalue weighted by Crippen LogP contribution is -2.74. The number of aliphatic hydroxyl groups is 4. The summed E-state index contributed by atoms with van der Waals surface area (Å²) in [7, 11) is 0. The number of ketones is 2. The maximum absolute atomic E-state index is 13.2. The van der Waals surface area contributed by atoms with Crippen LogP contribution in [0.4, 0.5) is 0 Å². The standard InChI is InChI=1S/C19H20O9/c1-6-12(21)18-13(22)8-4-3-5-9(20)10(8)14(23)19(18,28-18)16(25)17(6,26)15(24)11-7(2)27-11/h3-7,11-12,14,16,20-21,23,25-26H,1-2H3/t6?,7?,11?,12-,14-,16-,17+,18+,19-/m1/s1. The smallest absolute Gasteiger partial charge is 0.201 e. The van der Waals surface area contributed by atoms with Crippen molar-refractivity contribution in [3.63, 3.8) is 0 Å². The number of hydrogen-bond donors (Lipinski definition) is 5. The molecular formula is C19H20O9. The molecule has 0 bridgehead atoms. The van der Waals surface area contributed by atoms with Gasteiger partial charge in [-0.25, -0.2) is 0 Å². The van der Waals surface area contributed by atoms with E-state index < -0.39 is 70.6 Å². The molecule has 2 aliphatic heterocycles. The number of aromatic hydroxyl groups is 1. The van der Waals surface area contributed by atoms with Gasteiger partial charge in [0.1, 0.15) is 24.1 Å². The Morgan fingerprint density at radius 3 is 2.43 bits per heavy atom. The van der Waals surface area contributed by atoms with Gasteiger partial charge in [0.05, 0.1) is 12.2 Å². The van der Waals surface area contributed by atoms with Crippen molar-refractivity contribution in [2.45, 2.75) is 61.2 Å². The molecule has 3 fully saturated rings. The third-order valence-electron chi connectivity index (χ3n) is 6.98. The van der Waals surface area contributed by atoms with Crippen LogP contribution in [0.25, 0.3) is 0 Å². The normalized spacial score (nSPS) is 51.0. The van der Waals surface area contributed by atoms with E-state index in [9.17, 15) is 35.1 Å². The van der Waals surface area contributed by atoms with Crippen LogP contribution in [0.2, 0.25) is 0 Å². The topological polar surface area (TPSA) is 160 Å². The van der Waals surface area contributed by atoms with Gasteiger partial charge in [-0.1, -0.05) is 19.1 Å². The number of carbonyl (C=O) groups excluding carboxylic acids is 2. The predicted octanol–water partition coefficient (Wildman–Crippen LogP) is -1.41. The number of epoxide rings is 2. The summed E-state index contributed by atoms with van der Waals surface area (Å²) < 4.78 is 10.7.